The first kappa shape index (κ1) is 12.0. The molecule has 2 N–H and O–H groups in total. The molecule has 1 aromatic rings. The van der Waals surface area contributed by atoms with Crippen LogP contribution in [0.1, 0.15) is 26.2 Å². The van der Waals surface area contributed by atoms with Gasteiger partial charge < -0.3 is 10.6 Å². The summed E-state index contributed by atoms with van der Waals surface area (Å²) in [5.74, 6) is 0.822. The van der Waals surface area contributed by atoms with E-state index in [-0.39, 0.29) is 6.04 Å². The first-order chi connectivity index (χ1) is 7.68. The largest absolute Gasteiger partial charge is 0.336 e. The van der Waals surface area contributed by atoms with Crippen molar-refractivity contribution in [2.75, 3.05) is 11.4 Å². The lowest BCUT2D eigenvalue weighted by molar-refractivity contribution is 0.408. The lowest BCUT2D eigenvalue weighted by Crippen LogP contribution is -2.50. The van der Waals surface area contributed by atoms with Crippen molar-refractivity contribution >= 4 is 28.5 Å². The molecular formula is C11H17IN4. The van der Waals surface area contributed by atoms with Crippen LogP contribution in [0, 0.1) is 3.57 Å². The van der Waals surface area contributed by atoms with E-state index in [2.05, 4.69) is 44.4 Å². The van der Waals surface area contributed by atoms with E-state index in [4.69, 9.17) is 5.73 Å². The van der Waals surface area contributed by atoms with Crippen LogP contribution in [0.5, 0.6) is 0 Å². The van der Waals surface area contributed by atoms with Crippen LogP contribution < -0.4 is 10.6 Å². The Morgan fingerprint density at radius 2 is 2.12 bits per heavy atom. The molecule has 5 heteroatoms. The van der Waals surface area contributed by atoms with Crippen LogP contribution in [0.15, 0.2) is 12.4 Å². The molecule has 0 saturated carbocycles. The molecule has 88 valence electrons. The van der Waals surface area contributed by atoms with E-state index < -0.39 is 0 Å². The highest BCUT2D eigenvalue weighted by molar-refractivity contribution is 14.1. The second-order valence-corrected chi connectivity index (χ2v) is 5.56. The van der Waals surface area contributed by atoms with Crippen molar-refractivity contribution in [3.05, 3.63) is 16.0 Å². The summed E-state index contributed by atoms with van der Waals surface area (Å²) in [7, 11) is 0. The third kappa shape index (κ3) is 2.63. The zero-order valence-electron chi connectivity index (χ0n) is 9.43. The lowest BCUT2D eigenvalue weighted by Gasteiger charge is -2.37. The summed E-state index contributed by atoms with van der Waals surface area (Å²) < 4.78 is 1.07. The number of nitrogens with two attached hydrogens (primary N) is 1. The predicted molar refractivity (Wildman–Crippen MR) is 73.4 cm³/mol. The molecular weight excluding hydrogens is 315 g/mol. The molecule has 1 aromatic heterocycles. The average Bonchev–Trinajstić information content (AvgIpc) is 2.30. The summed E-state index contributed by atoms with van der Waals surface area (Å²) in [4.78, 5) is 11.0. The number of piperidine rings is 1. The SMILES string of the molecule is CC(N)C1CCCCN1c1ncc(I)cn1. The van der Waals surface area contributed by atoms with Gasteiger partial charge in [-0.15, -0.1) is 0 Å². The van der Waals surface area contributed by atoms with E-state index in [9.17, 15) is 0 Å². The molecule has 0 bridgehead atoms. The second kappa shape index (κ2) is 5.27. The summed E-state index contributed by atoms with van der Waals surface area (Å²) >= 11 is 2.22. The Labute approximate surface area is 110 Å². The van der Waals surface area contributed by atoms with Crippen LogP contribution in [0.25, 0.3) is 0 Å². The molecule has 2 atom stereocenters. The Hall–Kier alpha value is -0.430. The zero-order chi connectivity index (χ0) is 11.5. The number of anilines is 1. The van der Waals surface area contributed by atoms with Crippen molar-refractivity contribution < 1.29 is 0 Å². The van der Waals surface area contributed by atoms with Gasteiger partial charge in [0.05, 0.1) is 0 Å². The fraction of sp³-hybridized carbons (Fsp3) is 0.636. The zero-order valence-corrected chi connectivity index (χ0v) is 11.6. The van der Waals surface area contributed by atoms with Crippen molar-refractivity contribution in [3.8, 4) is 0 Å². The molecule has 1 fully saturated rings. The number of hydrogen-bond acceptors (Lipinski definition) is 4. The van der Waals surface area contributed by atoms with Crippen LogP contribution in [0.2, 0.25) is 0 Å². The fourth-order valence-corrected chi connectivity index (χ4v) is 2.48. The van der Waals surface area contributed by atoms with E-state index in [1.54, 1.807) is 0 Å². The molecule has 0 aromatic carbocycles. The van der Waals surface area contributed by atoms with Gasteiger partial charge in [-0.25, -0.2) is 9.97 Å². The molecule has 1 aliphatic heterocycles. The highest BCUT2D eigenvalue weighted by atomic mass is 127. The van der Waals surface area contributed by atoms with Gasteiger partial charge >= 0.3 is 0 Å². The molecule has 4 nitrogen and oxygen atoms in total. The molecule has 0 spiro atoms. The number of rotatable bonds is 2. The Bertz CT molecular complexity index is 338. The molecule has 2 unspecified atom stereocenters. The van der Waals surface area contributed by atoms with Gasteiger partial charge in [0.25, 0.3) is 0 Å². The van der Waals surface area contributed by atoms with Crippen molar-refractivity contribution in [2.45, 2.75) is 38.3 Å². The molecule has 0 radical (unpaired) electrons. The summed E-state index contributed by atoms with van der Waals surface area (Å²) in [6.07, 6.45) is 7.32. The van der Waals surface area contributed by atoms with Crippen LogP contribution >= 0.6 is 22.6 Å². The van der Waals surface area contributed by atoms with Gasteiger partial charge in [0, 0.05) is 34.6 Å². The Kier molecular flexibility index (Phi) is 3.96. The second-order valence-electron chi connectivity index (χ2n) is 4.32. The molecule has 0 amide bonds. The normalized spacial score (nSPS) is 23.2. The first-order valence-corrected chi connectivity index (χ1v) is 6.76. The van der Waals surface area contributed by atoms with Crippen LogP contribution in [-0.2, 0) is 0 Å². The summed E-state index contributed by atoms with van der Waals surface area (Å²) in [6.45, 7) is 3.09. The van der Waals surface area contributed by atoms with E-state index in [1.165, 1.54) is 12.8 Å². The number of hydrogen-bond donors (Lipinski definition) is 1. The first-order valence-electron chi connectivity index (χ1n) is 5.68. The van der Waals surface area contributed by atoms with Gasteiger partial charge in [-0.2, -0.15) is 0 Å². The standard InChI is InChI=1S/C11H17IN4/c1-8(13)10-4-2-3-5-16(10)11-14-6-9(12)7-15-11/h6-8,10H,2-5,13H2,1H3. The van der Waals surface area contributed by atoms with Crippen molar-refractivity contribution in [2.24, 2.45) is 5.73 Å². The number of aromatic nitrogens is 2. The summed E-state index contributed by atoms with van der Waals surface area (Å²) in [6, 6.07) is 0.553. The van der Waals surface area contributed by atoms with E-state index in [0.717, 1.165) is 22.5 Å². The Morgan fingerprint density at radius 3 is 2.75 bits per heavy atom. The number of nitrogens with zero attached hydrogens (tertiary/aromatic N) is 3. The highest BCUT2D eigenvalue weighted by Gasteiger charge is 2.27. The van der Waals surface area contributed by atoms with Crippen LogP contribution in [-0.4, -0.2) is 28.6 Å². The molecule has 0 aliphatic carbocycles. The van der Waals surface area contributed by atoms with Gasteiger partial charge in [0.1, 0.15) is 0 Å². The smallest absolute Gasteiger partial charge is 0.225 e. The number of halogens is 1. The summed E-state index contributed by atoms with van der Waals surface area (Å²) in [5, 5.41) is 0. The van der Waals surface area contributed by atoms with E-state index in [1.807, 2.05) is 12.4 Å². The lowest BCUT2D eigenvalue weighted by atomic mass is 9.97. The average molecular weight is 332 g/mol. The van der Waals surface area contributed by atoms with Gasteiger partial charge in [0.2, 0.25) is 5.95 Å². The highest BCUT2D eigenvalue weighted by Crippen LogP contribution is 2.23. The molecule has 1 saturated heterocycles. The maximum Gasteiger partial charge on any atom is 0.225 e. The van der Waals surface area contributed by atoms with Crippen molar-refractivity contribution in [1.29, 1.82) is 0 Å². The summed E-state index contributed by atoms with van der Waals surface area (Å²) in [5.41, 5.74) is 6.03. The van der Waals surface area contributed by atoms with Gasteiger partial charge in [-0.3, -0.25) is 0 Å². The van der Waals surface area contributed by atoms with E-state index in [0.29, 0.717) is 6.04 Å². The van der Waals surface area contributed by atoms with Crippen molar-refractivity contribution in [1.82, 2.24) is 9.97 Å². The van der Waals surface area contributed by atoms with Crippen LogP contribution in [0.3, 0.4) is 0 Å². The van der Waals surface area contributed by atoms with Gasteiger partial charge in [-0.05, 0) is 48.8 Å². The van der Waals surface area contributed by atoms with Gasteiger partial charge in [0.15, 0.2) is 0 Å². The minimum absolute atomic E-state index is 0.170. The van der Waals surface area contributed by atoms with Gasteiger partial charge in [-0.1, -0.05) is 0 Å². The third-order valence-electron chi connectivity index (χ3n) is 3.02. The predicted octanol–water partition coefficient (Wildman–Crippen LogP) is 1.79. The minimum Gasteiger partial charge on any atom is -0.336 e. The molecule has 1 aliphatic rings. The maximum absolute atomic E-state index is 6.03. The topological polar surface area (TPSA) is 55.0 Å². The van der Waals surface area contributed by atoms with Crippen LogP contribution in [0.4, 0.5) is 5.95 Å². The fourth-order valence-electron chi connectivity index (χ4n) is 2.21. The quantitative estimate of drug-likeness (QED) is 0.839. The maximum atomic E-state index is 6.03. The Balaban J connectivity index is 2.19. The van der Waals surface area contributed by atoms with E-state index >= 15 is 0 Å². The third-order valence-corrected chi connectivity index (χ3v) is 3.58. The molecule has 16 heavy (non-hydrogen) atoms. The molecule has 2 heterocycles. The monoisotopic (exact) mass is 332 g/mol. The van der Waals surface area contributed by atoms with Crippen molar-refractivity contribution in [3.63, 3.8) is 0 Å². The Morgan fingerprint density at radius 1 is 1.44 bits per heavy atom. The molecule has 2 rings (SSSR count). The minimum atomic E-state index is 0.170.